The highest BCUT2D eigenvalue weighted by molar-refractivity contribution is 7.85. The fourth-order valence-corrected chi connectivity index (χ4v) is 3.64. The van der Waals surface area contributed by atoms with E-state index in [0.717, 1.165) is 22.1 Å². The van der Waals surface area contributed by atoms with Crippen molar-refractivity contribution in [1.82, 2.24) is 0 Å². The lowest BCUT2D eigenvalue weighted by Crippen LogP contribution is -2.31. The van der Waals surface area contributed by atoms with E-state index in [-0.39, 0.29) is 18.8 Å². The smallest absolute Gasteiger partial charge is 0.264 e. The van der Waals surface area contributed by atoms with E-state index < -0.39 is 10.1 Å². The summed E-state index contributed by atoms with van der Waals surface area (Å²) in [6.07, 6.45) is 1.88. The maximum atomic E-state index is 10.9. The molecule has 0 spiro atoms. The predicted octanol–water partition coefficient (Wildman–Crippen LogP) is 3.71. The Kier molecular flexibility index (Phi) is 5.96. The van der Waals surface area contributed by atoms with Crippen LogP contribution < -0.4 is 0 Å². The van der Waals surface area contributed by atoms with Crippen LogP contribution in [0, 0.1) is 0 Å². The maximum absolute atomic E-state index is 10.9. The molecule has 1 saturated heterocycles. The molecular weight excluding hydrogens is 364 g/mol. The van der Waals surface area contributed by atoms with E-state index in [1.54, 1.807) is 0 Å². The highest BCUT2D eigenvalue weighted by atomic mass is 35.5. The normalized spacial score (nSPS) is 21.5. The molecule has 1 fully saturated rings. The molecule has 0 N–H and O–H groups in total. The van der Waals surface area contributed by atoms with E-state index in [1.807, 2.05) is 30.3 Å². The van der Waals surface area contributed by atoms with Gasteiger partial charge in [-0.05, 0) is 23.4 Å². The van der Waals surface area contributed by atoms with Crippen LogP contribution in [-0.4, -0.2) is 40.8 Å². The molecule has 0 bridgehead atoms. The molecule has 2 aromatic rings. The fraction of sp³-hybridized carbons (Fsp3) is 0.444. The van der Waals surface area contributed by atoms with Gasteiger partial charge in [-0.3, -0.25) is 4.18 Å². The third-order valence-corrected chi connectivity index (χ3v) is 5.12. The second-order valence-corrected chi connectivity index (χ2v) is 8.19. The Balaban J connectivity index is 1.57. The summed E-state index contributed by atoms with van der Waals surface area (Å²) in [5.74, 6) is 0.144. The van der Waals surface area contributed by atoms with Gasteiger partial charge in [0.1, 0.15) is 0 Å². The quantitative estimate of drug-likeness (QED) is 0.561. The molecule has 0 amide bonds. The number of hydrogen-bond donors (Lipinski definition) is 0. The molecule has 5 nitrogen and oxygen atoms in total. The van der Waals surface area contributed by atoms with Gasteiger partial charge in [0.25, 0.3) is 10.1 Å². The first kappa shape index (κ1) is 18.6. The summed E-state index contributed by atoms with van der Waals surface area (Å²) < 4.78 is 38.1. The summed E-state index contributed by atoms with van der Waals surface area (Å²) in [5.41, 5.74) is 1.17. The molecule has 0 aliphatic carbocycles. The lowest BCUT2D eigenvalue weighted by molar-refractivity contribution is -0.190. The zero-order chi connectivity index (χ0) is 17.9. The van der Waals surface area contributed by atoms with E-state index in [2.05, 4.69) is 6.07 Å². The zero-order valence-corrected chi connectivity index (χ0v) is 15.6. The minimum atomic E-state index is -3.39. The van der Waals surface area contributed by atoms with E-state index in [0.29, 0.717) is 26.1 Å². The molecule has 0 unspecified atom stereocenters. The van der Waals surface area contributed by atoms with Crippen LogP contribution in [0.25, 0.3) is 10.8 Å². The van der Waals surface area contributed by atoms with E-state index in [9.17, 15) is 8.42 Å². The molecule has 0 radical (unpaired) electrons. The molecule has 1 heterocycles. The summed E-state index contributed by atoms with van der Waals surface area (Å²) in [4.78, 5) is 0. The van der Waals surface area contributed by atoms with Crippen LogP contribution in [0.15, 0.2) is 36.4 Å². The molecule has 1 aliphatic heterocycles. The van der Waals surface area contributed by atoms with Crippen LogP contribution in [-0.2, 0) is 23.8 Å². The number of halogens is 1. The minimum Gasteiger partial charge on any atom is -0.352 e. The number of hydrogen-bond acceptors (Lipinski definition) is 5. The van der Waals surface area contributed by atoms with Gasteiger partial charge in [0.15, 0.2) is 6.29 Å². The number of fused-ring (bicyclic) bond motifs is 1. The molecular formula is C18H21ClO5S. The van der Waals surface area contributed by atoms with Crippen LogP contribution >= 0.6 is 11.6 Å². The topological polar surface area (TPSA) is 61.8 Å². The maximum Gasteiger partial charge on any atom is 0.264 e. The Labute approximate surface area is 153 Å². The van der Waals surface area contributed by atoms with Crippen molar-refractivity contribution >= 4 is 32.5 Å². The van der Waals surface area contributed by atoms with E-state index >= 15 is 0 Å². The first-order valence-corrected chi connectivity index (χ1v) is 10.4. The molecule has 0 atom stereocenters. The van der Waals surface area contributed by atoms with Gasteiger partial charge in [0.05, 0.1) is 26.1 Å². The molecule has 25 heavy (non-hydrogen) atoms. The number of rotatable bonds is 6. The number of ether oxygens (including phenoxy) is 2. The first-order valence-electron chi connectivity index (χ1n) is 8.19. The SMILES string of the molecule is CS(=O)(=O)OCCCC1OCC(c2ccc(Cl)c3ccccc23)CO1. The van der Waals surface area contributed by atoms with Crippen molar-refractivity contribution in [3.05, 3.63) is 47.0 Å². The van der Waals surface area contributed by atoms with Crippen molar-refractivity contribution in [2.45, 2.75) is 25.0 Å². The summed E-state index contributed by atoms with van der Waals surface area (Å²) in [5, 5.41) is 2.88. The average Bonchev–Trinajstić information content (AvgIpc) is 2.59. The van der Waals surface area contributed by atoms with Gasteiger partial charge in [-0.1, -0.05) is 41.9 Å². The van der Waals surface area contributed by atoms with Gasteiger partial charge >= 0.3 is 0 Å². The summed E-state index contributed by atoms with van der Waals surface area (Å²) in [6, 6.07) is 12.0. The average molecular weight is 385 g/mol. The molecule has 0 aromatic heterocycles. The van der Waals surface area contributed by atoms with Crippen molar-refractivity contribution in [1.29, 1.82) is 0 Å². The van der Waals surface area contributed by atoms with Crippen LogP contribution in [0.1, 0.15) is 24.3 Å². The van der Waals surface area contributed by atoms with Crippen molar-refractivity contribution in [2.75, 3.05) is 26.1 Å². The molecule has 2 aromatic carbocycles. The molecule has 1 aliphatic rings. The van der Waals surface area contributed by atoms with Gasteiger partial charge in [-0.15, -0.1) is 0 Å². The first-order chi connectivity index (χ1) is 11.9. The Hall–Kier alpha value is -1.18. The van der Waals surface area contributed by atoms with Crippen molar-refractivity contribution in [2.24, 2.45) is 0 Å². The summed E-state index contributed by atoms with van der Waals surface area (Å²) in [6.45, 7) is 1.26. The molecule has 136 valence electrons. The van der Waals surface area contributed by atoms with Gasteiger partial charge in [-0.25, -0.2) is 0 Å². The van der Waals surface area contributed by atoms with Crippen molar-refractivity contribution in [3.63, 3.8) is 0 Å². The van der Waals surface area contributed by atoms with E-state index in [1.165, 1.54) is 5.56 Å². The Morgan fingerprint density at radius 2 is 1.80 bits per heavy atom. The number of benzene rings is 2. The largest absolute Gasteiger partial charge is 0.352 e. The standard InChI is InChI=1S/C18H21ClO5S/c1-25(20,21)24-10-4-7-18-22-11-13(12-23-18)14-8-9-17(19)16-6-3-2-5-15(14)16/h2-3,5-6,8-9,13,18H,4,7,10-12H2,1H3. The lowest BCUT2D eigenvalue weighted by Gasteiger charge is -2.30. The van der Waals surface area contributed by atoms with Gasteiger partial charge in [0, 0.05) is 22.7 Å². The van der Waals surface area contributed by atoms with Crippen LogP contribution in [0.3, 0.4) is 0 Å². The highest BCUT2D eigenvalue weighted by Gasteiger charge is 2.24. The van der Waals surface area contributed by atoms with Gasteiger partial charge < -0.3 is 9.47 Å². The summed E-state index contributed by atoms with van der Waals surface area (Å²) >= 11 is 6.28. The Bertz CT molecular complexity index is 828. The van der Waals surface area contributed by atoms with Crippen molar-refractivity contribution < 1.29 is 22.1 Å². The third-order valence-electron chi connectivity index (χ3n) is 4.19. The zero-order valence-electron chi connectivity index (χ0n) is 14.0. The van der Waals surface area contributed by atoms with Crippen LogP contribution in [0.5, 0.6) is 0 Å². The van der Waals surface area contributed by atoms with Crippen LogP contribution in [0.2, 0.25) is 5.02 Å². The Morgan fingerprint density at radius 1 is 1.12 bits per heavy atom. The molecule has 3 rings (SSSR count). The van der Waals surface area contributed by atoms with Crippen LogP contribution in [0.4, 0.5) is 0 Å². The minimum absolute atomic E-state index is 0.144. The molecule has 7 heteroatoms. The van der Waals surface area contributed by atoms with Crippen molar-refractivity contribution in [3.8, 4) is 0 Å². The Morgan fingerprint density at radius 3 is 2.48 bits per heavy atom. The summed E-state index contributed by atoms with van der Waals surface area (Å²) in [7, 11) is -3.39. The lowest BCUT2D eigenvalue weighted by atomic mass is 9.94. The predicted molar refractivity (Wildman–Crippen MR) is 97.4 cm³/mol. The second kappa shape index (κ2) is 8.01. The van der Waals surface area contributed by atoms with Gasteiger partial charge in [-0.2, -0.15) is 8.42 Å². The third kappa shape index (κ3) is 4.92. The highest BCUT2D eigenvalue weighted by Crippen LogP contribution is 2.33. The van der Waals surface area contributed by atoms with Gasteiger partial charge in [0.2, 0.25) is 0 Å². The molecule has 0 saturated carbocycles. The second-order valence-electron chi connectivity index (χ2n) is 6.14. The monoisotopic (exact) mass is 384 g/mol. The fourth-order valence-electron chi connectivity index (χ4n) is 2.99. The van der Waals surface area contributed by atoms with E-state index in [4.69, 9.17) is 25.3 Å².